The van der Waals surface area contributed by atoms with E-state index in [1.807, 2.05) is 31.2 Å². The predicted octanol–water partition coefficient (Wildman–Crippen LogP) is 2.66. The fourth-order valence-corrected chi connectivity index (χ4v) is 1.64. The first-order valence-corrected chi connectivity index (χ1v) is 5.35. The molecule has 0 spiro atoms. The predicted molar refractivity (Wildman–Crippen MR) is 66.1 cm³/mol. The molecule has 0 radical (unpaired) electrons. The highest BCUT2D eigenvalue weighted by molar-refractivity contribution is 5.88. The van der Waals surface area contributed by atoms with Crippen LogP contribution in [0.25, 0.3) is 17.0 Å². The summed E-state index contributed by atoms with van der Waals surface area (Å²) in [5.74, 6) is -0.147. The summed E-state index contributed by atoms with van der Waals surface area (Å²) < 4.78 is 5.40. The molecule has 2 N–H and O–H groups in total. The summed E-state index contributed by atoms with van der Waals surface area (Å²) in [6.45, 7) is 2.56. The van der Waals surface area contributed by atoms with E-state index in [-0.39, 0.29) is 0 Å². The first-order chi connectivity index (χ1) is 8.19. The van der Waals surface area contributed by atoms with E-state index in [1.54, 1.807) is 0 Å². The van der Waals surface area contributed by atoms with Crippen LogP contribution < -0.4 is 4.74 Å². The number of hydrogen-bond donors (Lipinski definition) is 2. The van der Waals surface area contributed by atoms with Gasteiger partial charge in [0.25, 0.3) is 0 Å². The number of aliphatic carboxylic acids is 1. The lowest BCUT2D eigenvalue weighted by Crippen LogP contribution is -1.90. The Morgan fingerprint density at radius 2 is 2.29 bits per heavy atom. The Labute approximate surface area is 98.5 Å². The van der Waals surface area contributed by atoms with Gasteiger partial charge in [0.2, 0.25) is 0 Å². The summed E-state index contributed by atoms with van der Waals surface area (Å²) in [7, 11) is 0. The van der Waals surface area contributed by atoms with Crippen LogP contribution in [0.2, 0.25) is 0 Å². The van der Waals surface area contributed by atoms with Crippen molar-refractivity contribution >= 4 is 22.9 Å². The fraction of sp³-hybridized carbons (Fsp3) is 0.154. The number of benzene rings is 1. The Kier molecular flexibility index (Phi) is 3.14. The zero-order valence-electron chi connectivity index (χ0n) is 9.43. The van der Waals surface area contributed by atoms with Crippen LogP contribution in [0.3, 0.4) is 0 Å². The van der Waals surface area contributed by atoms with Crippen molar-refractivity contribution in [1.29, 1.82) is 0 Å². The standard InChI is InChI=1S/C13H13NO3/c1-2-17-11-4-5-12-9(8-11)7-10(14-12)3-6-13(15)16/h3-8,14H,2H2,1H3,(H,15,16)/b6-3+. The topological polar surface area (TPSA) is 62.3 Å². The van der Waals surface area contributed by atoms with Crippen LogP contribution in [0.15, 0.2) is 30.3 Å². The normalized spacial score (nSPS) is 11.1. The average Bonchev–Trinajstić information content (AvgIpc) is 2.69. The third-order valence-electron chi connectivity index (χ3n) is 2.33. The molecule has 0 aliphatic carbocycles. The van der Waals surface area contributed by atoms with Crippen LogP contribution in [0, 0.1) is 0 Å². The lowest BCUT2D eigenvalue weighted by molar-refractivity contribution is -0.131. The van der Waals surface area contributed by atoms with Crippen LogP contribution in [-0.2, 0) is 4.79 Å². The number of H-pyrrole nitrogens is 1. The first-order valence-electron chi connectivity index (χ1n) is 5.35. The molecule has 1 aromatic heterocycles. The minimum atomic E-state index is -0.960. The fourth-order valence-electron chi connectivity index (χ4n) is 1.64. The molecule has 17 heavy (non-hydrogen) atoms. The van der Waals surface area contributed by atoms with Gasteiger partial charge >= 0.3 is 5.97 Å². The lowest BCUT2D eigenvalue weighted by Gasteiger charge is -2.01. The molecular weight excluding hydrogens is 218 g/mol. The molecule has 0 saturated carbocycles. The van der Waals surface area contributed by atoms with E-state index in [0.29, 0.717) is 6.61 Å². The molecule has 2 rings (SSSR count). The SMILES string of the molecule is CCOc1ccc2[nH]c(/C=C/C(=O)O)cc2c1. The Morgan fingerprint density at radius 1 is 1.47 bits per heavy atom. The Balaban J connectivity index is 2.33. The molecule has 0 unspecified atom stereocenters. The molecule has 1 aromatic carbocycles. The number of ether oxygens (including phenoxy) is 1. The summed E-state index contributed by atoms with van der Waals surface area (Å²) >= 11 is 0. The highest BCUT2D eigenvalue weighted by Crippen LogP contribution is 2.22. The number of carboxylic acid groups (broad SMARTS) is 1. The van der Waals surface area contributed by atoms with Crippen molar-refractivity contribution < 1.29 is 14.6 Å². The molecule has 1 heterocycles. The number of fused-ring (bicyclic) bond motifs is 1. The molecule has 0 saturated heterocycles. The Hall–Kier alpha value is -2.23. The largest absolute Gasteiger partial charge is 0.494 e. The number of nitrogens with one attached hydrogen (secondary N) is 1. The van der Waals surface area contributed by atoms with Crippen molar-refractivity contribution in [3.05, 3.63) is 36.0 Å². The van der Waals surface area contributed by atoms with Gasteiger partial charge in [-0.05, 0) is 37.3 Å². The minimum absolute atomic E-state index is 0.627. The van der Waals surface area contributed by atoms with Gasteiger partial charge in [-0.3, -0.25) is 0 Å². The minimum Gasteiger partial charge on any atom is -0.494 e. The molecule has 0 atom stereocenters. The lowest BCUT2D eigenvalue weighted by atomic mass is 10.2. The second kappa shape index (κ2) is 4.74. The van der Waals surface area contributed by atoms with Crippen LogP contribution in [0.1, 0.15) is 12.6 Å². The second-order valence-corrected chi connectivity index (χ2v) is 3.58. The van der Waals surface area contributed by atoms with Crippen molar-refractivity contribution in [2.24, 2.45) is 0 Å². The van der Waals surface area contributed by atoms with Gasteiger partial charge in [-0.2, -0.15) is 0 Å². The smallest absolute Gasteiger partial charge is 0.328 e. The van der Waals surface area contributed by atoms with Gasteiger partial charge in [-0.15, -0.1) is 0 Å². The number of hydrogen-bond acceptors (Lipinski definition) is 2. The summed E-state index contributed by atoms with van der Waals surface area (Å²) in [5, 5.41) is 9.54. The maximum Gasteiger partial charge on any atom is 0.328 e. The van der Waals surface area contributed by atoms with Gasteiger partial charge in [-0.25, -0.2) is 4.79 Å². The van der Waals surface area contributed by atoms with Gasteiger partial charge < -0.3 is 14.8 Å². The molecule has 0 bridgehead atoms. The van der Waals surface area contributed by atoms with E-state index in [4.69, 9.17) is 9.84 Å². The maximum absolute atomic E-state index is 10.4. The van der Waals surface area contributed by atoms with Crippen molar-refractivity contribution in [3.8, 4) is 5.75 Å². The van der Waals surface area contributed by atoms with Gasteiger partial charge in [0.15, 0.2) is 0 Å². The molecule has 0 aliphatic rings. The second-order valence-electron chi connectivity index (χ2n) is 3.58. The number of rotatable bonds is 4. The van der Waals surface area contributed by atoms with E-state index < -0.39 is 5.97 Å². The summed E-state index contributed by atoms with van der Waals surface area (Å²) in [4.78, 5) is 13.5. The van der Waals surface area contributed by atoms with E-state index >= 15 is 0 Å². The van der Waals surface area contributed by atoms with Gasteiger partial charge in [-0.1, -0.05) is 0 Å². The summed E-state index contributed by atoms with van der Waals surface area (Å²) in [6, 6.07) is 7.61. The molecule has 0 fully saturated rings. The quantitative estimate of drug-likeness (QED) is 0.795. The Morgan fingerprint density at radius 3 is 3.00 bits per heavy atom. The van der Waals surface area contributed by atoms with Crippen LogP contribution in [0.4, 0.5) is 0 Å². The van der Waals surface area contributed by atoms with Gasteiger partial charge in [0.1, 0.15) is 5.75 Å². The van der Waals surface area contributed by atoms with Crippen molar-refractivity contribution in [2.75, 3.05) is 6.61 Å². The number of aromatic amines is 1. The van der Waals surface area contributed by atoms with E-state index in [9.17, 15) is 4.79 Å². The molecule has 0 aliphatic heterocycles. The highest BCUT2D eigenvalue weighted by Gasteiger charge is 2.00. The molecular formula is C13H13NO3. The monoisotopic (exact) mass is 231 g/mol. The highest BCUT2D eigenvalue weighted by atomic mass is 16.5. The van der Waals surface area contributed by atoms with E-state index in [0.717, 1.165) is 28.4 Å². The zero-order chi connectivity index (χ0) is 12.3. The van der Waals surface area contributed by atoms with Crippen LogP contribution in [-0.4, -0.2) is 22.7 Å². The maximum atomic E-state index is 10.4. The molecule has 88 valence electrons. The molecule has 4 heteroatoms. The number of carboxylic acids is 1. The van der Waals surface area contributed by atoms with Crippen molar-refractivity contribution in [2.45, 2.75) is 6.92 Å². The number of carbonyl (C=O) groups is 1. The van der Waals surface area contributed by atoms with Crippen LogP contribution >= 0.6 is 0 Å². The zero-order valence-corrected chi connectivity index (χ0v) is 9.43. The molecule has 0 amide bonds. The van der Waals surface area contributed by atoms with E-state index in [2.05, 4.69) is 4.98 Å². The van der Waals surface area contributed by atoms with Crippen LogP contribution in [0.5, 0.6) is 5.75 Å². The number of aromatic nitrogens is 1. The Bertz CT molecular complexity index is 569. The third kappa shape index (κ3) is 2.66. The average molecular weight is 231 g/mol. The van der Waals surface area contributed by atoms with Gasteiger partial charge in [0.05, 0.1) is 6.61 Å². The molecule has 4 nitrogen and oxygen atoms in total. The van der Waals surface area contributed by atoms with Crippen molar-refractivity contribution in [1.82, 2.24) is 4.98 Å². The third-order valence-corrected chi connectivity index (χ3v) is 2.33. The van der Waals surface area contributed by atoms with Crippen molar-refractivity contribution in [3.63, 3.8) is 0 Å². The summed E-state index contributed by atoms with van der Waals surface area (Å²) in [6.07, 6.45) is 2.64. The van der Waals surface area contributed by atoms with E-state index in [1.165, 1.54) is 6.08 Å². The molecule has 2 aromatic rings. The summed E-state index contributed by atoms with van der Waals surface area (Å²) in [5.41, 5.74) is 1.72. The van der Waals surface area contributed by atoms with Gasteiger partial charge in [0, 0.05) is 22.7 Å². The first kappa shape index (κ1) is 11.3.